The first-order valence-corrected chi connectivity index (χ1v) is 6.51. The van der Waals surface area contributed by atoms with Crippen LogP contribution in [0.2, 0.25) is 0 Å². The number of aryl methyl sites for hydroxylation is 1. The van der Waals surface area contributed by atoms with Crippen LogP contribution in [0, 0.1) is 6.92 Å². The van der Waals surface area contributed by atoms with Gasteiger partial charge in [-0.05, 0) is 25.6 Å². The molecule has 2 heterocycles. The maximum absolute atomic E-state index is 12.1. The Hall–Kier alpha value is -1.59. The van der Waals surface area contributed by atoms with Gasteiger partial charge in [-0.15, -0.1) is 12.4 Å². The van der Waals surface area contributed by atoms with Crippen molar-refractivity contribution in [3.63, 3.8) is 0 Å². The number of oxime groups is 1. The largest absolute Gasteiger partial charge is 0.387 e. The van der Waals surface area contributed by atoms with Crippen LogP contribution in [-0.4, -0.2) is 30.3 Å². The minimum atomic E-state index is -0.292. The highest BCUT2D eigenvalue weighted by molar-refractivity contribution is 6.43. The van der Waals surface area contributed by atoms with Crippen LogP contribution in [0.15, 0.2) is 29.4 Å². The summed E-state index contributed by atoms with van der Waals surface area (Å²) in [6, 6.07) is 7.70. The molecule has 1 atom stereocenters. The Bertz CT molecular complexity index is 522. The number of benzene rings is 1. The quantitative estimate of drug-likeness (QED) is 0.875. The molecule has 0 aliphatic carbocycles. The standard InChI is InChI=1S/C14H17N3O2.ClH/c1-10-2-4-11(5-3-10)16-13(18)12-8-14(19-17-12)6-7-15-9-14;/h2-5,15H,6-9H2,1H3,(H,16,18);1H. The van der Waals surface area contributed by atoms with E-state index in [1.807, 2.05) is 31.2 Å². The number of amides is 1. The first-order chi connectivity index (χ1) is 9.17. The molecule has 5 nitrogen and oxygen atoms in total. The zero-order valence-electron chi connectivity index (χ0n) is 11.3. The fraction of sp³-hybridized carbons (Fsp3) is 0.429. The van der Waals surface area contributed by atoms with Crippen molar-refractivity contribution in [2.75, 3.05) is 18.4 Å². The molecular weight excluding hydrogens is 278 g/mol. The summed E-state index contributed by atoms with van der Waals surface area (Å²) in [7, 11) is 0. The molecule has 108 valence electrons. The third-order valence-corrected chi connectivity index (χ3v) is 3.62. The summed E-state index contributed by atoms with van der Waals surface area (Å²) >= 11 is 0. The second-order valence-electron chi connectivity index (χ2n) is 5.24. The molecule has 2 aliphatic rings. The van der Waals surface area contributed by atoms with Crippen LogP contribution < -0.4 is 10.6 Å². The van der Waals surface area contributed by atoms with E-state index < -0.39 is 0 Å². The molecule has 1 amide bonds. The predicted molar refractivity (Wildman–Crippen MR) is 80.4 cm³/mol. The highest BCUT2D eigenvalue weighted by Gasteiger charge is 2.43. The summed E-state index contributed by atoms with van der Waals surface area (Å²) in [5.74, 6) is -0.173. The highest BCUT2D eigenvalue weighted by atomic mass is 35.5. The Morgan fingerprint density at radius 2 is 2.15 bits per heavy atom. The minimum absolute atomic E-state index is 0. The molecule has 2 aliphatic heterocycles. The molecule has 1 saturated heterocycles. The molecule has 1 spiro atoms. The average Bonchev–Trinajstić information content (AvgIpc) is 3.03. The molecule has 2 N–H and O–H groups in total. The van der Waals surface area contributed by atoms with Crippen molar-refractivity contribution in [3.05, 3.63) is 29.8 Å². The normalized spacial score (nSPS) is 23.9. The number of nitrogens with one attached hydrogen (secondary N) is 2. The van der Waals surface area contributed by atoms with Crippen LogP contribution >= 0.6 is 12.4 Å². The number of nitrogens with zero attached hydrogens (tertiary/aromatic N) is 1. The lowest BCUT2D eigenvalue weighted by atomic mass is 9.96. The van der Waals surface area contributed by atoms with Gasteiger partial charge < -0.3 is 15.5 Å². The summed E-state index contributed by atoms with van der Waals surface area (Å²) in [6.07, 6.45) is 1.48. The molecule has 6 heteroatoms. The van der Waals surface area contributed by atoms with Crippen LogP contribution in [0.4, 0.5) is 5.69 Å². The number of hydrogen-bond donors (Lipinski definition) is 2. The smallest absolute Gasteiger partial charge is 0.273 e. The molecule has 1 unspecified atom stereocenters. The third kappa shape index (κ3) is 2.94. The maximum atomic E-state index is 12.1. The number of hydrogen-bond acceptors (Lipinski definition) is 4. The average molecular weight is 296 g/mol. The zero-order valence-corrected chi connectivity index (χ0v) is 12.1. The first-order valence-electron chi connectivity index (χ1n) is 6.51. The van der Waals surface area contributed by atoms with Crippen LogP contribution in [0.3, 0.4) is 0 Å². The number of rotatable bonds is 2. The lowest BCUT2D eigenvalue weighted by Gasteiger charge is -2.18. The van der Waals surface area contributed by atoms with E-state index in [1.165, 1.54) is 0 Å². The van der Waals surface area contributed by atoms with Crippen molar-refractivity contribution >= 4 is 29.7 Å². The van der Waals surface area contributed by atoms with E-state index >= 15 is 0 Å². The molecule has 3 rings (SSSR count). The summed E-state index contributed by atoms with van der Waals surface area (Å²) < 4.78 is 0. The van der Waals surface area contributed by atoms with Gasteiger partial charge in [-0.1, -0.05) is 22.9 Å². The van der Waals surface area contributed by atoms with Crippen molar-refractivity contribution in [1.82, 2.24) is 5.32 Å². The summed E-state index contributed by atoms with van der Waals surface area (Å²) in [6.45, 7) is 3.69. The van der Waals surface area contributed by atoms with Crippen LogP contribution in [0.1, 0.15) is 18.4 Å². The van der Waals surface area contributed by atoms with Gasteiger partial charge in [-0.3, -0.25) is 4.79 Å². The van der Waals surface area contributed by atoms with Gasteiger partial charge >= 0.3 is 0 Å². The Kier molecular flexibility index (Phi) is 4.30. The fourth-order valence-electron chi connectivity index (χ4n) is 2.43. The molecular formula is C14H18ClN3O2. The fourth-order valence-corrected chi connectivity index (χ4v) is 2.43. The third-order valence-electron chi connectivity index (χ3n) is 3.62. The molecule has 1 fully saturated rings. The number of halogens is 1. The number of carbonyl (C=O) groups is 1. The lowest BCUT2D eigenvalue weighted by Crippen LogP contribution is -2.33. The molecule has 0 radical (unpaired) electrons. The number of carbonyl (C=O) groups excluding carboxylic acids is 1. The van der Waals surface area contributed by atoms with E-state index in [1.54, 1.807) is 0 Å². The Morgan fingerprint density at radius 3 is 2.80 bits per heavy atom. The van der Waals surface area contributed by atoms with Gasteiger partial charge in [-0.2, -0.15) is 0 Å². The molecule has 0 saturated carbocycles. The first kappa shape index (κ1) is 14.8. The van der Waals surface area contributed by atoms with Crippen molar-refractivity contribution in [2.24, 2.45) is 5.16 Å². The minimum Gasteiger partial charge on any atom is -0.387 e. The SMILES string of the molecule is Cc1ccc(NC(=O)C2=NOC3(CCNC3)C2)cc1.Cl. The van der Waals surface area contributed by atoms with E-state index in [0.717, 1.165) is 30.8 Å². The van der Waals surface area contributed by atoms with E-state index in [2.05, 4.69) is 15.8 Å². The Balaban J connectivity index is 0.00000147. The lowest BCUT2D eigenvalue weighted by molar-refractivity contribution is -0.110. The van der Waals surface area contributed by atoms with Gasteiger partial charge in [0.25, 0.3) is 5.91 Å². The zero-order chi connectivity index (χ0) is 13.3. The van der Waals surface area contributed by atoms with Crippen molar-refractivity contribution in [3.8, 4) is 0 Å². The maximum Gasteiger partial charge on any atom is 0.273 e. The topological polar surface area (TPSA) is 62.7 Å². The van der Waals surface area contributed by atoms with Crippen LogP contribution in [0.25, 0.3) is 0 Å². The van der Waals surface area contributed by atoms with Gasteiger partial charge in [0.15, 0.2) is 5.60 Å². The van der Waals surface area contributed by atoms with E-state index in [9.17, 15) is 4.79 Å². The number of anilines is 1. The van der Waals surface area contributed by atoms with Crippen molar-refractivity contribution in [1.29, 1.82) is 0 Å². The summed E-state index contributed by atoms with van der Waals surface area (Å²) in [4.78, 5) is 17.6. The summed E-state index contributed by atoms with van der Waals surface area (Å²) in [5.41, 5.74) is 2.13. The van der Waals surface area contributed by atoms with Gasteiger partial charge in [-0.25, -0.2) is 0 Å². The second-order valence-corrected chi connectivity index (χ2v) is 5.24. The van der Waals surface area contributed by atoms with Gasteiger partial charge in [0.1, 0.15) is 5.71 Å². The Morgan fingerprint density at radius 1 is 1.40 bits per heavy atom. The second kappa shape index (κ2) is 5.81. The van der Waals surface area contributed by atoms with E-state index in [-0.39, 0.29) is 23.9 Å². The van der Waals surface area contributed by atoms with E-state index in [4.69, 9.17) is 4.84 Å². The molecule has 20 heavy (non-hydrogen) atoms. The van der Waals surface area contributed by atoms with Crippen LogP contribution in [-0.2, 0) is 9.63 Å². The van der Waals surface area contributed by atoms with Gasteiger partial charge in [0.05, 0.1) is 0 Å². The highest BCUT2D eigenvalue weighted by Crippen LogP contribution is 2.30. The van der Waals surface area contributed by atoms with E-state index in [0.29, 0.717) is 12.1 Å². The van der Waals surface area contributed by atoms with Gasteiger partial charge in [0.2, 0.25) is 0 Å². The molecule has 0 bridgehead atoms. The monoisotopic (exact) mass is 295 g/mol. The Labute approximate surface area is 124 Å². The summed E-state index contributed by atoms with van der Waals surface area (Å²) in [5, 5.41) is 10.0. The molecule has 0 aromatic heterocycles. The predicted octanol–water partition coefficient (Wildman–Crippen LogP) is 1.86. The molecule has 1 aromatic rings. The van der Waals surface area contributed by atoms with Crippen LogP contribution in [0.5, 0.6) is 0 Å². The van der Waals surface area contributed by atoms with Crippen molar-refractivity contribution in [2.45, 2.75) is 25.4 Å². The van der Waals surface area contributed by atoms with Crippen molar-refractivity contribution < 1.29 is 9.63 Å². The molecule has 1 aromatic carbocycles. The van der Waals surface area contributed by atoms with Gasteiger partial charge in [0, 0.05) is 25.1 Å².